The summed E-state index contributed by atoms with van der Waals surface area (Å²) in [5.74, 6) is -0.981. The zero-order chi connectivity index (χ0) is 13.8. The summed E-state index contributed by atoms with van der Waals surface area (Å²) < 4.78 is 0. The molecule has 0 bridgehead atoms. The number of carbonyl (C=O) groups is 1. The van der Waals surface area contributed by atoms with E-state index in [0.29, 0.717) is 17.3 Å². The third-order valence-electron chi connectivity index (χ3n) is 2.77. The second-order valence-corrected chi connectivity index (χ2v) is 4.62. The van der Waals surface area contributed by atoms with Crippen LogP contribution < -0.4 is 4.90 Å². The van der Waals surface area contributed by atoms with E-state index in [4.69, 9.17) is 16.7 Å². The van der Waals surface area contributed by atoms with Gasteiger partial charge in [-0.25, -0.2) is 4.79 Å². The highest BCUT2D eigenvalue weighted by Crippen LogP contribution is 2.20. The Morgan fingerprint density at radius 1 is 1.32 bits per heavy atom. The minimum Gasteiger partial charge on any atom is -0.478 e. The van der Waals surface area contributed by atoms with Crippen molar-refractivity contribution in [2.45, 2.75) is 6.54 Å². The van der Waals surface area contributed by atoms with Gasteiger partial charge in [0.25, 0.3) is 0 Å². The van der Waals surface area contributed by atoms with Gasteiger partial charge in [-0.3, -0.25) is 4.98 Å². The van der Waals surface area contributed by atoms with Crippen molar-refractivity contribution in [2.24, 2.45) is 0 Å². The first-order valence-electron chi connectivity index (χ1n) is 5.71. The molecule has 0 fully saturated rings. The number of anilines is 1. The monoisotopic (exact) mass is 276 g/mol. The molecule has 1 heterocycles. The highest BCUT2D eigenvalue weighted by atomic mass is 35.5. The summed E-state index contributed by atoms with van der Waals surface area (Å²) in [5, 5.41) is 9.81. The van der Waals surface area contributed by atoms with Crippen LogP contribution in [0, 0.1) is 0 Å². The van der Waals surface area contributed by atoms with Gasteiger partial charge < -0.3 is 10.0 Å². The van der Waals surface area contributed by atoms with Crippen molar-refractivity contribution in [1.82, 2.24) is 4.98 Å². The number of aromatic carboxylic acids is 1. The molecular formula is C14H13ClN2O2. The molecule has 1 aromatic heterocycles. The van der Waals surface area contributed by atoms with Gasteiger partial charge in [0.05, 0.1) is 5.69 Å². The summed E-state index contributed by atoms with van der Waals surface area (Å²) in [6.07, 6.45) is 2.94. The molecule has 0 saturated carbocycles. The maximum atomic E-state index is 11.1. The number of carboxylic acid groups (broad SMARTS) is 1. The minimum atomic E-state index is -0.981. The topological polar surface area (TPSA) is 53.4 Å². The molecule has 0 atom stereocenters. The molecule has 2 aromatic rings. The van der Waals surface area contributed by atoms with Gasteiger partial charge in [0, 0.05) is 31.0 Å². The fourth-order valence-corrected chi connectivity index (χ4v) is 1.96. The average Bonchev–Trinajstić information content (AvgIpc) is 2.41. The molecule has 19 heavy (non-hydrogen) atoms. The molecule has 5 heteroatoms. The standard InChI is InChI=1S/C14H13ClN2O2/c1-17(9-10-2-4-11(15)5-3-10)13-6-7-16-8-12(13)14(18)19/h2-8H,9H2,1H3,(H,18,19). The zero-order valence-electron chi connectivity index (χ0n) is 10.4. The summed E-state index contributed by atoms with van der Waals surface area (Å²) in [4.78, 5) is 16.9. The third-order valence-corrected chi connectivity index (χ3v) is 3.02. The normalized spacial score (nSPS) is 10.2. The van der Waals surface area contributed by atoms with Gasteiger partial charge in [-0.1, -0.05) is 23.7 Å². The Labute approximate surface area is 116 Å². The van der Waals surface area contributed by atoms with Crippen molar-refractivity contribution in [3.8, 4) is 0 Å². The first-order valence-corrected chi connectivity index (χ1v) is 6.08. The van der Waals surface area contributed by atoms with Gasteiger partial charge in [0.15, 0.2) is 0 Å². The Balaban J connectivity index is 2.22. The fraction of sp³-hybridized carbons (Fsp3) is 0.143. The number of halogens is 1. The van der Waals surface area contributed by atoms with Crippen molar-refractivity contribution in [2.75, 3.05) is 11.9 Å². The maximum absolute atomic E-state index is 11.1. The number of carboxylic acids is 1. The third kappa shape index (κ3) is 3.23. The van der Waals surface area contributed by atoms with Gasteiger partial charge in [-0.2, -0.15) is 0 Å². The Morgan fingerprint density at radius 2 is 2.00 bits per heavy atom. The van der Waals surface area contributed by atoms with Gasteiger partial charge in [0.2, 0.25) is 0 Å². The molecule has 0 saturated heterocycles. The Morgan fingerprint density at radius 3 is 2.63 bits per heavy atom. The molecule has 4 nitrogen and oxygen atoms in total. The lowest BCUT2D eigenvalue weighted by Crippen LogP contribution is -2.19. The fourth-order valence-electron chi connectivity index (χ4n) is 1.83. The van der Waals surface area contributed by atoms with Crippen LogP contribution in [0.5, 0.6) is 0 Å². The van der Waals surface area contributed by atoms with E-state index in [2.05, 4.69) is 4.98 Å². The lowest BCUT2D eigenvalue weighted by molar-refractivity contribution is 0.0697. The molecule has 98 valence electrons. The summed E-state index contributed by atoms with van der Waals surface area (Å²) in [7, 11) is 1.84. The van der Waals surface area contributed by atoms with Crippen LogP contribution in [0.2, 0.25) is 5.02 Å². The van der Waals surface area contributed by atoms with E-state index in [-0.39, 0.29) is 5.56 Å². The average molecular weight is 277 g/mol. The van der Waals surface area contributed by atoms with Crippen molar-refractivity contribution in [3.63, 3.8) is 0 Å². The summed E-state index contributed by atoms with van der Waals surface area (Å²) >= 11 is 5.83. The van der Waals surface area contributed by atoms with E-state index in [9.17, 15) is 4.79 Å². The molecular weight excluding hydrogens is 264 g/mol. The van der Waals surface area contributed by atoms with Crippen LogP contribution in [0.4, 0.5) is 5.69 Å². The molecule has 0 aliphatic rings. The first kappa shape index (κ1) is 13.4. The molecule has 0 spiro atoms. The molecule has 1 N–H and O–H groups in total. The van der Waals surface area contributed by atoms with Crippen LogP contribution >= 0.6 is 11.6 Å². The minimum absolute atomic E-state index is 0.193. The molecule has 0 aliphatic carbocycles. The van der Waals surface area contributed by atoms with E-state index < -0.39 is 5.97 Å². The van der Waals surface area contributed by atoms with E-state index in [0.717, 1.165) is 5.56 Å². The highest BCUT2D eigenvalue weighted by Gasteiger charge is 2.13. The maximum Gasteiger partial charge on any atom is 0.339 e. The van der Waals surface area contributed by atoms with Crippen molar-refractivity contribution < 1.29 is 9.90 Å². The smallest absolute Gasteiger partial charge is 0.339 e. The van der Waals surface area contributed by atoms with Crippen LogP contribution in [0.1, 0.15) is 15.9 Å². The van der Waals surface area contributed by atoms with E-state index in [1.165, 1.54) is 6.20 Å². The number of pyridine rings is 1. The number of aromatic nitrogens is 1. The van der Waals surface area contributed by atoms with Crippen LogP contribution in [-0.4, -0.2) is 23.1 Å². The predicted octanol–water partition coefficient (Wildman–Crippen LogP) is 3.07. The molecule has 0 unspecified atom stereocenters. The zero-order valence-corrected chi connectivity index (χ0v) is 11.1. The van der Waals surface area contributed by atoms with Crippen molar-refractivity contribution >= 4 is 23.3 Å². The number of nitrogens with zero attached hydrogens (tertiary/aromatic N) is 2. The van der Waals surface area contributed by atoms with E-state index >= 15 is 0 Å². The number of benzene rings is 1. The lowest BCUT2D eigenvalue weighted by atomic mass is 10.1. The van der Waals surface area contributed by atoms with Gasteiger partial charge in [0.1, 0.15) is 5.56 Å². The Kier molecular flexibility index (Phi) is 4.02. The second-order valence-electron chi connectivity index (χ2n) is 4.18. The predicted molar refractivity (Wildman–Crippen MR) is 74.8 cm³/mol. The SMILES string of the molecule is CN(Cc1ccc(Cl)cc1)c1ccncc1C(=O)O. The van der Waals surface area contributed by atoms with Crippen LogP contribution in [-0.2, 0) is 6.54 Å². The molecule has 0 aliphatic heterocycles. The number of hydrogen-bond donors (Lipinski definition) is 1. The second kappa shape index (κ2) is 5.71. The first-order chi connectivity index (χ1) is 9.08. The van der Waals surface area contributed by atoms with Crippen molar-refractivity contribution in [1.29, 1.82) is 0 Å². The molecule has 0 amide bonds. The number of rotatable bonds is 4. The van der Waals surface area contributed by atoms with E-state index in [1.54, 1.807) is 12.3 Å². The van der Waals surface area contributed by atoms with Crippen LogP contribution in [0.3, 0.4) is 0 Å². The highest BCUT2D eigenvalue weighted by molar-refractivity contribution is 6.30. The summed E-state index contributed by atoms with van der Waals surface area (Å²) in [5.41, 5.74) is 1.89. The van der Waals surface area contributed by atoms with Gasteiger partial charge >= 0.3 is 5.97 Å². The molecule has 2 rings (SSSR count). The largest absolute Gasteiger partial charge is 0.478 e. The number of hydrogen-bond acceptors (Lipinski definition) is 3. The van der Waals surface area contributed by atoms with Crippen molar-refractivity contribution in [3.05, 3.63) is 58.9 Å². The van der Waals surface area contributed by atoms with Gasteiger partial charge in [-0.15, -0.1) is 0 Å². The van der Waals surface area contributed by atoms with Crippen LogP contribution in [0.15, 0.2) is 42.7 Å². The summed E-state index contributed by atoms with van der Waals surface area (Å²) in [6, 6.07) is 9.16. The quantitative estimate of drug-likeness (QED) is 0.932. The lowest BCUT2D eigenvalue weighted by Gasteiger charge is -2.21. The molecule has 1 aromatic carbocycles. The Bertz CT molecular complexity index is 584. The van der Waals surface area contributed by atoms with Crippen LogP contribution in [0.25, 0.3) is 0 Å². The molecule has 0 radical (unpaired) electrons. The summed E-state index contributed by atoms with van der Waals surface area (Å²) in [6.45, 7) is 0.599. The van der Waals surface area contributed by atoms with Gasteiger partial charge in [-0.05, 0) is 23.8 Å². The van der Waals surface area contributed by atoms with E-state index in [1.807, 2.05) is 36.2 Å². The Hall–Kier alpha value is -2.07.